The predicted octanol–water partition coefficient (Wildman–Crippen LogP) is 4.13. The molecule has 0 bridgehead atoms. The first kappa shape index (κ1) is 31.2. The van der Waals surface area contributed by atoms with Crippen molar-refractivity contribution in [1.82, 2.24) is 24.7 Å². The van der Waals surface area contributed by atoms with Crippen LogP contribution in [0.15, 0.2) is 48.8 Å². The Morgan fingerprint density at radius 1 is 1.20 bits per heavy atom. The summed E-state index contributed by atoms with van der Waals surface area (Å²) in [5.74, 6) is -1.18. The number of benzene rings is 2. The number of halogens is 2. The molecule has 4 heterocycles. The number of rotatable bonds is 7. The highest BCUT2D eigenvalue weighted by Crippen LogP contribution is 2.40. The van der Waals surface area contributed by atoms with Gasteiger partial charge in [0.25, 0.3) is 5.91 Å². The lowest BCUT2D eigenvalue weighted by Gasteiger charge is -2.42. The topological polar surface area (TPSA) is 98.1 Å². The molecule has 0 aliphatic carbocycles. The van der Waals surface area contributed by atoms with Crippen LogP contribution in [-0.4, -0.2) is 103 Å². The molecular weight excluding hydrogens is 597 g/mol. The van der Waals surface area contributed by atoms with E-state index in [9.17, 15) is 14.4 Å². The summed E-state index contributed by atoms with van der Waals surface area (Å²) in [6.45, 7) is 5.93. The Bertz CT molecular complexity index is 1660. The van der Waals surface area contributed by atoms with Gasteiger partial charge in [0.15, 0.2) is 5.83 Å². The summed E-state index contributed by atoms with van der Waals surface area (Å²) >= 11 is 6.68. The van der Waals surface area contributed by atoms with Crippen molar-refractivity contribution in [3.05, 3.63) is 70.6 Å². The third-order valence-corrected chi connectivity index (χ3v) is 9.35. The van der Waals surface area contributed by atoms with Gasteiger partial charge in [-0.3, -0.25) is 4.79 Å². The molecule has 6 rings (SSSR count). The molecule has 1 unspecified atom stereocenters. The van der Waals surface area contributed by atoms with E-state index in [0.29, 0.717) is 30.4 Å². The minimum atomic E-state index is -1.04. The number of nitriles is 1. The van der Waals surface area contributed by atoms with Crippen LogP contribution in [0.2, 0.25) is 5.02 Å². The first-order valence-electron chi connectivity index (χ1n) is 15.1. The van der Waals surface area contributed by atoms with Gasteiger partial charge < -0.3 is 29.1 Å². The number of nitrogens with zero attached hydrogens (tertiary/aromatic N) is 7. The number of hydrogen-bond donors (Lipinski definition) is 0. The summed E-state index contributed by atoms with van der Waals surface area (Å²) in [6, 6.07) is 14.0. The fraction of sp³-hybridized carbons (Fsp3) is 0.455. The van der Waals surface area contributed by atoms with Gasteiger partial charge in [0, 0.05) is 55.1 Å². The molecule has 1 aromatic heterocycles. The fourth-order valence-corrected chi connectivity index (χ4v) is 7.06. The van der Waals surface area contributed by atoms with E-state index in [4.69, 9.17) is 31.0 Å². The van der Waals surface area contributed by atoms with Crippen molar-refractivity contribution in [2.75, 3.05) is 58.8 Å². The normalized spacial score (nSPS) is 23.7. The van der Waals surface area contributed by atoms with Crippen LogP contribution in [0.1, 0.15) is 29.3 Å². The van der Waals surface area contributed by atoms with Gasteiger partial charge in [0.05, 0.1) is 43.0 Å². The van der Waals surface area contributed by atoms with E-state index in [1.165, 1.54) is 4.90 Å². The SMILES string of the molecule is C=C(F)C(=O)N1CCN(c2nc(O[C@H]3CN(C)C[C@@H]3N(C)C)nc3c2COC(c2cccc4cccc(Cl)c24)C3)C[C@@H]1CC#N. The third kappa shape index (κ3) is 6.20. The Labute approximate surface area is 267 Å². The standard InChI is InChI=1S/C33H37ClFN7O3/c1-20(35)32(43)42-14-13-41(16-22(42)11-12-36)31-24-19-44-28(23-9-5-7-21-8-6-10-25(34)30(21)23)15-26(24)37-33(38-31)45-29-18-40(4)17-27(29)39(2)3/h5-10,22,27-29H,1,11,13-19H2,2-4H3/t22-,27-,28?,29-/m0/s1. The maximum Gasteiger partial charge on any atom is 0.318 e. The Hall–Kier alpha value is -3.82. The molecule has 0 spiro atoms. The molecule has 0 saturated carbocycles. The van der Waals surface area contributed by atoms with Gasteiger partial charge in [-0.1, -0.05) is 48.5 Å². The van der Waals surface area contributed by atoms with Crippen molar-refractivity contribution in [2.45, 2.75) is 43.7 Å². The third-order valence-electron chi connectivity index (χ3n) is 9.03. The lowest BCUT2D eigenvalue weighted by molar-refractivity contribution is -0.131. The van der Waals surface area contributed by atoms with Crippen LogP contribution in [0.4, 0.5) is 10.2 Å². The molecule has 12 heteroatoms. The monoisotopic (exact) mass is 633 g/mol. The maximum atomic E-state index is 13.8. The first-order valence-corrected chi connectivity index (χ1v) is 15.5. The van der Waals surface area contributed by atoms with E-state index in [-0.39, 0.29) is 43.8 Å². The number of likely N-dealkylation sites (N-methyl/N-ethyl adjacent to an activating group) is 2. The van der Waals surface area contributed by atoms with Gasteiger partial charge in [0.2, 0.25) is 0 Å². The zero-order chi connectivity index (χ0) is 31.8. The van der Waals surface area contributed by atoms with E-state index in [1.807, 2.05) is 55.4 Å². The maximum absolute atomic E-state index is 13.8. The van der Waals surface area contributed by atoms with Crippen LogP contribution in [0.3, 0.4) is 0 Å². The van der Waals surface area contributed by atoms with Gasteiger partial charge in [-0.25, -0.2) is 4.39 Å². The van der Waals surface area contributed by atoms with Crippen LogP contribution in [0, 0.1) is 11.3 Å². The van der Waals surface area contributed by atoms with Gasteiger partial charge >= 0.3 is 6.01 Å². The van der Waals surface area contributed by atoms with E-state index >= 15 is 0 Å². The van der Waals surface area contributed by atoms with Crippen molar-refractivity contribution in [2.24, 2.45) is 0 Å². The smallest absolute Gasteiger partial charge is 0.318 e. The zero-order valence-corrected chi connectivity index (χ0v) is 26.5. The van der Waals surface area contributed by atoms with Crippen LogP contribution in [0.5, 0.6) is 6.01 Å². The second-order valence-electron chi connectivity index (χ2n) is 12.2. The number of amides is 1. The van der Waals surface area contributed by atoms with E-state index in [0.717, 1.165) is 40.7 Å². The van der Waals surface area contributed by atoms with Crippen LogP contribution in [0.25, 0.3) is 10.8 Å². The van der Waals surface area contributed by atoms with Crippen molar-refractivity contribution in [3.8, 4) is 12.1 Å². The number of aromatic nitrogens is 2. The average Bonchev–Trinajstić information content (AvgIpc) is 3.40. The molecule has 3 aliphatic heterocycles. The molecule has 2 fully saturated rings. The average molecular weight is 634 g/mol. The summed E-state index contributed by atoms with van der Waals surface area (Å²) in [6.07, 6.45) is 0.0977. The van der Waals surface area contributed by atoms with Crippen molar-refractivity contribution < 1.29 is 18.7 Å². The van der Waals surface area contributed by atoms with Gasteiger partial charge in [-0.15, -0.1) is 0 Å². The largest absolute Gasteiger partial charge is 0.457 e. The number of fused-ring (bicyclic) bond motifs is 2. The van der Waals surface area contributed by atoms with Crippen LogP contribution >= 0.6 is 11.6 Å². The molecule has 0 N–H and O–H groups in total. The molecule has 2 saturated heterocycles. The fourth-order valence-electron chi connectivity index (χ4n) is 6.77. The predicted molar refractivity (Wildman–Crippen MR) is 170 cm³/mol. The zero-order valence-electron chi connectivity index (χ0n) is 25.7. The van der Waals surface area contributed by atoms with Gasteiger partial charge in [-0.2, -0.15) is 15.2 Å². The van der Waals surface area contributed by atoms with Crippen LogP contribution in [-0.2, 0) is 22.6 Å². The molecule has 3 aliphatic rings. The van der Waals surface area contributed by atoms with Gasteiger partial charge in [0.1, 0.15) is 11.9 Å². The second kappa shape index (κ2) is 12.9. The summed E-state index contributed by atoms with van der Waals surface area (Å²) in [4.78, 5) is 30.2. The Morgan fingerprint density at radius 2 is 1.98 bits per heavy atom. The van der Waals surface area contributed by atoms with E-state index in [2.05, 4.69) is 29.5 Å². The Kier molecular flexibility index (Phi) is 8.93. The first-order chi connectivity index (χ1) is 21.6. The molecule has 3 aromatic rings. The number of ether oxygens (including phenoxy) is 2. The molecule has 236 valence electrons. The summed E-state index contributed by atoms with van der Waals surface area (Å²) in [7, 11) is 6.15. The highest BCUT2D eigenvalue weighted by molar-refractivity contribution is 6.35. The number of likely N-dealkylation sites (tertiary alicyclic amines) is 1. The number of carbonyl (C=O) groups is 1. The molecule has 1 amide bonds. The molecule has 0 radical (unpaired) electrons. The molecule has 45 heavy (non-hydrogen) atoms. The molecule has 10 nitrogen and oxygen atoms in total. The summed E-state index contributed by atoms with van der Waals surface area (Å²) < 4.78 is 26.9. The van der Waals surface area contributed by atoms with Gasteiger partial charge in [-0.05, 0) is 38.2 Å². The minimum absolute atomic E-state index is 0.0471. The Balaban J connectivity index is 1.37. The van der Waals surface area contributed by atoms with Crippen molar-refractivity contribution in [3.63, 3.8) is 0 Å². The molecule has 4 atom stereocenters. The van der Waals surface area contributed by atoms with Crippen LogP contribution < -0.4 is 9.64 Å². The minimum Gasteiger partial charge on any atom is -0.457 e. The highest BCUT2D eigenvalue weighted by atomic mass is 35.5. The number of carbonyl (C=O) groups excluding carboxylic acids is 1. The van der Waals surface area contributed by atoms with Crippen molar-refractivity contribution in [1.29, 1.82) is 5.26 Å². The summed E-state index contributed by atoms with van der Waals surface area (Å²) in [5, 5.41) is 12.2. The lowest BCUT2D eigenvalue weighted by atomic mass is 9.94. The lowest BCUT2D eigenvalue weighted by Crippen LogP contribution is -2.55. The molecule has 2 aromatic carbocycles. The summed E-state index contributed by atoms with van der Waals surface area (Å²) in [5.41, 5.74) is 2.64. The quantitative estimate of drug-likeness (QED) is 0.356. The number of anilines is 1. The highest BCUT2D eigenvalue weighted by Gasteiger charge is 2.38. The Morgan fingerprint density at radius 3 is 2.71 bits per heavy atom. The second-order valence-corrected chi connectivity index (χ2v) is 12.6. The van der Waals surface area contributed by atoms with Crippen molar-refractivity contribution >= 4 is 34.1 Å². The number of piperazine rings is 1. The van der Waals surface area contributed by atoms with E-state index in [1.54, 1.807) is 0 Å². The molecular formula is C33H37ClFN7O3. The van der Waals surface area contributed by atoms with E-state index < -0.39 is 17.8 Å². The number of hydrogen-bond acceptors (Lipinski definition) is 9.